The first-order valence-corrected chi connectivity index (χ1v) is 9.04. The molecule has 120 valence electrons. The van der Waals surface area contributed by atoms with E-state index in [4.69, 9.17) is 0 Å². The molecule has 0 aliphatic heterocycles. The van der Waals surface area contributed by atoms with Gasteiger partial charge in [-0.05, 0) is 51.0 Å². The quantitative estimate of drug-likeness (QED) is 0.703. The van der Waals surface area contributed by atoms with Crippen LogP contribution in [0, 0.1) is 0 Å². The lowest BCUT2D eigenvalue weighted by atomic mass is 9.83. The van der Waals surface area contributed by atoms with Crippen LogP contribution < -0.4 is 5.32 Å². The zero-order valence-electron chi connectivity index (χ0n) is 14.2. The fourth-order valence-electron chi connectivity index (χ4n) is 3.28. The minimum atomic E-state index is 0.175. The molecule has 2 nitrogen and oxygen atoms in total. The Balaban J connectivity index is 3.05. The number of nitrogens with one attached hydrogen (secondary N) is 1. The van der Waals surface area contributed by atoms with Gasteiger partial charge in [-0.3, -0.25) is 4.90 Å². The molecule has 0 fully saturated rings. The van der Waals surface area contributed by atoms with E-state index in [2.05, 4.69) is 85.0 Å². The predicted molar refractivity (Wildman–Crippen MR) is 96.9 cm³/mol. The summed E-state index contributed by atoms with van der Waals surface area (Å²) in [5.41, 5.74) is 1.56. The Bertz CT molecular complexity index is 417. The Labute approximate surface area is 139 Å². The first kappa shape index (κ1) is 18.7. The van der Waals surface area contributed by atoms with Crippen molar-refractivity contribution in [2.75, 3.05) is 19.6 Å². The van der Waals surface area contributed by atoms with E-state index in [-0.39, 0.29) is 5.54 Å². The topological polar surface area (TPSA) is 15.3 Å². The van der Waals surface area contributed by atoms with Crippen LogP contribution in [0.5, 0.6) is 0 Å². The zero-order valence-corrected chi connectivity index (χ0v) is 15.8. The van der Waals surface area contributed by atoms with Crippen molar-refractivity contribution in [3.63, 3.8) is 0 Å². The molecule has 0 saturated carbocycles. The van der Waals surface area contributed by atoms with Crippen LogP contribution in [0.3, 0.4) is 0 Å². The first-order valence-electron chi connectivity index (χ1n) is 8.25. The molecule has 0 radical (unpaired) electrons. The predicted octanol–water partition coefficient (Wildman–Crippen LogP) is 4.48. The minimum absolute atomic E-state index is 0.175. The number of likely N-dealkylation sites (N-methyl/N-ethyl adjacent to an activating group) is 2. The maximum Gasteiger partial charge on any atom is 0.0334 e. The van der Waals surface area contributed by atoms with Crippen LogP contribution in [0.15, 0.2) is 28.7 Å². The van der Waals surface area contributed by atoms with Crippen LogP contribution in [0.1, 0.15) is 46.6 Å². The maximum absolute atomic E-state index is 3.74. The van der Waals surface area contributed by atoms with Gasteiger partial charge in [-0.25, -0.2) is 0 Å². The van der Waals surface area contributed by atoms with Gasteiger partial charge < -0.3 is 5.32 Å². The molecule has 0 spiro atoms. The number of hydrogen-bond donors (Lipinski definition) is 1. The number of nitrogens with zero attached hydrogens (tertiary/aromatic N) is 1. The molecule has 0 bridgehead atoms. The third kappa shape index (κ3) is 4.54. The molecule has 1 aromatic carbocycles. The first-order chi connectivity index (χ1) is 10.0. The van der Waals surface area contributed by atoms with Gasteiger partial charge in [0.05, 0.1) is 0 Å². The molecule has 0 heterocycles. The Kier molecular flexibility index (Phi) is 7.93. The van der Waals surface area contributed by atoms with Gasteiger partial charge in [0.1, 0.15) is 0 Å². The van der Waals surface area contributed by atoms with Gasteiger partial charge >= 0.3 is 0 Å². The van der Waals surface area contributed by atoms with Gasteiger partial charge in [0, 0.05) is 16.1 Å². The van der Waals surface area contributed by atoms with Crippen molar-refractivity contribution in [1.82, 2.24) is 10.2 Å². The van der Waals surface area contributed by atoms with Crippen LogP contribution in [0.25, 0.3) is 0 Å². The number of hydrogen-bond acceptors (Lipinski definition) is 2. The van der Waals surface area contributed by atoms with Crippen molar-refractivity contribution >= 4 is 15.9 Å². The summed E-state index contributed by atoms with van der Waals surface area (Å²) >= 11 is 3.69. The molecule has 0 aliphatic carbocycles. The van der Waals surface area contributed by atoms with E-state index >= 15 is 0 Å². The number of benzene rings is 1. The number of halogens is 1. The van der Waals surface area contributed by atoms with Gasteiger partial charge in [0.15, 0.2) is 0 Å². The molecule has 1 rings (SSSR count). The Morgan fingerprint density at radius 3 is 2.24 bits per heavy atom. The molecule has 2 unspecified atom stereocenters. The summed E-state index contributed by atoms with van der Waals surface area (Å²) in [4.78, 5) is 2.59. The third-order valence-electron chi connectivity index (χ3n) is 4.78. The fraction of sp³-hybridized carbons (Fsp3) is 0.667. The van der Waals surface area contributed by atoms with E-state index < -0.39 is 0 Å². The molecule has 1 aromatic rings. The van der Waals surface area contributed by atoms with E-state index in [0.717, 1.165) is 32.5 Å². The molecule has 0 aromatic heterocycles. The summed E-state index contributed by atoms with van der Waals surface area (Å²) in [6.45, 7) is 14.6. The van der Waals surface area contributed by atoms with Crippen LogP contribution in [0.2, 0.25) is 0 Å². The van der Waals surface area contributed by atoms with Crippen molar-refractivity contribution in [3.05, 3.63) is 34.3 Å². The van der Waals surface area contributed by atoms with Crippen molar-refractivity contribution in [2.45, 2.75) is 59.0 Å². The highest BCUT2D eigenvalue weighted by atomic mass is 79.9. The molecule has 2 atom stereocenters. The van der Waals surface area contributed by atoms with Crippen LogP contribution in [-0.4, -0.2) is 36.1 Å². The van der Waals surface area contributed by atoms with Crippen molar-refractivity contribution in [1.29, 1.82) is 0 Å². The van der Waals surface area contributed by atoms with Gasteiger partial charge in [0.2, 0.25) is 0 Å². The van der Waals surface area contributed by atoms with Crippen molar-refractivity contribution < 1.29 is 0 Å². The van der Waals surface area contributed by atoms with Gasteiger partial charge in [0.25, 0.3) is 0 Å². The standard InChI is InChI=1S/C18H31BrN2/c1-6-18(5,21(8-3)9-4)17(20-7-2)14-15-12-10-11-13-16(15)19/h10-13,17,20H,6-9,14H2,1-5H3. The van der Waals surface area contributed by atoms with Gasteiger partial charge in [-0.2, -0.15) is 0 Å². The second-order valence-corrected chi connectivity index (χ2v) is 6.64. The van der Waals surface area contributed by atoms with Crippen LogP contribution in [-0.2, 0) is 6.42 Å². The molecule has 1 N–H and O–H groups in total. The summed E-state index contributed by atoms with van der Waals surface area (Å²) in [7, 11) is 0. The van der Waals surface area contributed by atoms with E-state index in [1.54, 1.807) is 0 Å². The highest BCUT2D eigenvalue weighted by Gasteiger charge is 2.36. The average Bonchev–Trinajstić information content (AvgIpc) is 2.49. The SMILES string of the molecule is CCNC(Cc1ccccc1Br)C(C)(CC)N(CC)CC. The minimum Gasteiger partial charge on any atom is -0.312 e. The monoisotopic (exact) mass is 354 g/mol. The molecule has 3 heteroatoms. The smallest absolute Gasteiger partial charge is 0.0334 e. The third-order valence-corrected chi connectivity index (χ3v) is 5.56. The second kappa shape index (κ2) is 8.92. The van der Waals surface area contributed by atoms with E-state index in [0.29, 0.717) is 6.04 Å². The molecule has 0 amide bonds. The average molecular weight is 355 g/mol. The van der Waals surface area contributed by atoms with Gasteiger partial charge in [-0.1, -0.05) is 61.8 Å². The van der Waals surface area contributed by atoms with Crippen LogP contribution in [0.4, 0.5) is 0 Å². The zero-order chi connectivity index (χ0) is 15.9. The maximum atomic E-state index is 3.74. The number of rotatable bonds is 9. The molecular weight excluding hydrogens is 324 g/mol. The second-order valence-electron chi connectivity index (χ2n) is 5.79. The lowest BCUT2D eigenvalue weighted by molar-refractivity contribution is 0.0706. The summed E-state index contributed by atoms with van der Waals surface area (Å²) in [5.74, 6) is 0. The Morgan fingerprint density at radius 2 is 1.76 bits per heavy atom. The van der Waals surface area contributed by atoms with E-state index in [9.17, 15) is 0 Å². The lowest BCUT2D eigenvalue weighted by Crippen LogP contribution is -2.60. The molecule has 0 aliphatic rings. The largest absolute Gasteiger partial charge is 0.312 e. The lowest BCUT2D eigenvalue weighted by Gasteiger charge is -2.46. The molecule has 0 saturated heterocycles. The summed E-state index contributed by atoms with van der Waals surface area (Å²) < 4.78 is 1.21. The van der Waals surface area contributed by atoms with Crippen molar-refractivity contribution in [3.8, 4) is 0 Å². The summed E-state index contributed by atoms with van der Waals surface area (Å²) in [6, 6.07) is 9.03. The van der Waals surface area contributed by atoms with Crippen LogP contribution >= 0.6 is 15.9 Å². The Morgan fingerprint density at radius 1 is 1.14 bits per heavy atom. The van der Waals surface area contributed by atoms with Gasteiger partial charge in [-0.15, -0.1) is 0 Å². The fourth-order valence-corrected chi connectivity index (χ4v) is 3.73. The van der Waals surface area contributed by atoms with E-state index in [1.165, 1.54) is 10.0 Å². The molecular formula is C18H31BrN2. The summed E-state index contributed by atoms with van der Waals surface area (Å²) in [5, 5.41) is 3.74. The van der Waals surface area contributed by atoms with E-state index in [1.807, 2.05) is 0 Å². The highest BCUT2D eigenvalue weighted by Crippen LogP contribution is 2.28. The Hall–Kier alpha value is -0.380. The van der Waals surface area contributed by atoms with Crippen molar-refractivity contribution in [2.24, 2.45) is 0 Å². The molecule has 21 heavy (non-hydrogen) atoms. The highest BCUT2D eigenvalue weighted by molar-refractivity contribution is 9.10. The summed E-state index contributed by atoms with van der Waals surface area (Å²) in [6.07, 6.45) is 2.20. The normalized spacial score (nSPS) is 16.0.